The zero-order chi connectivity index (χ0) is 15.4. The van der Waals surface area contributed by atoms with Gasteiger partial charge in [-0.15, -0.1) is 0 Å². The van der Waals surface area contributed by atoms with Gasteiger partial charge in [0.05, 0.1) is 12.8 Å². The van der Waals surface area contributed by atoms with E-state index >= 15 is 0 Å². The number of nitrogens with zero attached hydrogens (tertiary/aromatic N) is 1. The van der Waals surface area contributed by atoms with Gasteiger partial charge in [0.1, 0.15) is 5.75 Å². The lowest BCUT2D eigenvalue weighted by molar-refractivity contribution is -0.132. The summed E-state index contributed by atoms with van der Waals surface area (Å²) < 4.78 is 5.14. The number of hydrogen-bond donors (Lipinski definition) is 1. The molecule has 1 amide bonds. The number of carbonyl (C=O) groups is 1. The molecule has 3 rings (SSSR count). The molecule has 1 atom stereocenters. The Bertz CT molecular complexity index is 548. The number of amides is 1. The first-order valence-electron chi connectivity index (χ1n) is 7.94. The molecule has 0 aromatic heterocycles. The van der Waals surface area contributed by atoms with Crippen molar-refractivity contribution in [3.8, 4) is 5.75 Å². The van der Waals surface area contributed by atoms with Gasteiger partial charge in [-0.2, -0.15) is 0 Å². The molecule has 1 aliphatic heterocycles. The van der Waals surface area contributed by atoms with E-state index in [0.29, 0.717) is 12.5 Å². The van der Waals surface area contributed by atoms with Gasteiger partial charge < -0.3 is 14.9 Å². The summed E-state index contributed by atoms with van der Waals surface area (Å²) >= 11 is 0. The highest BCUT2D eigenvalue weighted by Gasteiger charge is 2.30. The number of hydrogen-bond acceptors (Lipinski definition) is 4. The molecule has 22 heavy (non-hydrogen) atoms. The fourth-order valence-corrected chi connectivity index (χ4v) is 3.01. The number of carbonyl (C=O) groups excluding carboxylic acids is 1. The zero-order valence-corrected chi connectivity index (χ0v) is 12.9. The van der Waals surface area contributed by atoms with E-state index in [1.165, 1.54) is 19.3 Å². The van der Waals surface area contributed by atoms with Gasteiger partial charge in [0.25, 0.3) is 5.91 Å². The lowest BCUT2D eigenvalue weighted by atomic mass is 9.95. The van der Waals surface area contributed by atoms with Gasteiger partial charge >= 0.3 is 0 Å². The largest absolute Gasteiger partial charge is 0.497 e. The summed E-state index contributed by atoms with van der Waals surface area (Å²) in [4.78, 5) is 17.6. The van der Waals surface area contributed by atoms with Crippen molar-refractivity contribution in [3.63, 3.8) is 0 Å². The van der Waals surface area contributed by atoms with E-state index in [0.717, 1.165) is 29.9 Å². The van der Waals surface area contributed by atoms with Crippen LogP contribution in [0.1, 0.15) is 44.1 Å². The molecule has 1 saturated carbocycles. The molecule has 1 aromatic carbocycles. The Labute approximate surface area is 130 Å². The van der Waals surface area contributed by atoms with Crippen LogP contribution in [0.15, 0.2) is 29.4 Å². The smallest absolute Gasteiger partial charge is 0.264 e. The van der Waals surface area contributed by atoms with Crippen LogP contribution in [0.25, 0.3) is 0 Å². The maximum atomic E-state index is 12.3. The molecule has 0 saturated heterocycles. The van der Waals surface area contributed by atoms with E-state index in [4.69, 9.17) is 9.57 Å². The minimum Gasteiger partial charge on any atom is -0.497 e. The lowest BCUT2D eigenvalue weighted by Crippen LogP contribution is -2.42. The quantitative estimate of drug-likeness (QED) is 0.930. The van der Waals surface area contributed by atoms with Crippen molar-refractivity contribution in [1.82, 2.24) is 5.32 Å². The van der Waals surface area contributed by atoms with E-state index in [1.54, 1.807) is 7.11 Å². The second-order valence-electron chi connectivity index (χ2n) is 5.91. The molecule has 1 N–H and O–H groups in total. The van der Waals surface area contributed by atoms with Gasteiger partial charge in [-0.05, 0) is 42.7 Å². The summed E-state index contributed by atoms with van der Waals surface area (Å²) in [7, 11) is 1.64. The van der Waals surface area contributed by atoms with Crippen molar-refractivity contribution in [1.29, 1.82) is 0 Å². The van der Waals surface area contributed by atoms with Crippen LogP contribution >= 0.6 is 0 Å². The number of nitrogens with one attached hydrogen (secondary N) is 1. The van der Waals surface area contributed by atoms with Crippen LogP contribution in [-0.4, -0.2) is 30.9 Å². The first-order valence-corrected chi connectivity index (χ1v) is 7.94. The Morgan fingerprint density at radius 2 is 1.95 bits per heavy atom. The van der Waals surface area contributed by atoms with Crippen LogP contribution in [0.3, 0.4) is 0 Å². The molecule has 5 heteroatoms. The number of rotatable bonds is 4. The van der Waals surface area contributed by atoms with Gasteiger partial charge in [0, 0.05) is 12.5 Å². The third kappa shape index (κ3) is 3.40. The first kappa shape index (κ1) is 14.9. The van der Waals surface area contributed by atoms with Gasteiger partial charge in [-0.25, -0.2) is 0 Å². The molecule has 0 spiro atoms. The zero-order valence-electron chi connectivity index (χ0n) is 12.9. The highest BCUT2D eigenvalue weighted by molar-refractivity contribution is 6.04. The second-order valence-corrected chi connectivity index (χ2v) is 5.91. The Kier molecular flexibility index (Phi) is 4.61. The first-order chi connectivity index (χ1) is 10.8. The molecular formula is C17H22N2O3. The lowest BCUT2D eigenvalue weighted by Gasteiger charge is -2.23. The van der Waals surface area contributed by atoms with Crippen molar-refractivity contribution < 1.29 is 14.4 Å². The van der Waals surface area contributed by atoms with E-state index in [2.05, 4.69) is 10.5 Å². The van der Waals surface area contributed by atoms with Crippen LogP contribution in [0, 0.1) is 0 Å². The van der Waals surface area contributed by atoms with Crippen LogP contribution in [0.4, 0.5) is 0 Å². The summed E-state index contributed by atoms with van der Waals surface area (Å²) in [6, 6.07) is 7.93. The van der Waals surface area contributed by atoms with Crippen LogP contribution in [0.2, 0.25) is 0 Å². The molecule has 118 valence electrons. The fraction of sp³-hybridized carbons (Fsp3) is 0.529. The van der Waals surface area contributed by atoms with Crippen LogP contribution in [0.5, 0.6) is 5.75 Å². The highest BCUT2D eigenvalue weighted by Crippen LogP contribution is 2.21. The average Bonchev–Trinajstić information content (AvgIpc) is 3.06. The van der Waals surface area contributed by atoms with E-state index in [1.807, 2.05) is 24.3 Å². The van der Waals surface area contributed by atoms with Crippen LogP contribution in [-0.2, 0) is 9.63 Å². The standard InChI is InChI=1S/C17H22N2O3/c1-21-14-9-7-12(8-10-14)15-11-16(22-19-15)17(20)18-13-5-3-2-4-6-13/h7-10,13,16H,2-6,11H2,1H3,(H,18,20)/t16-/m0/s1. The SMILES string of the molecule is COc1ccc(C2=NO[C@H](C(=O)NC3CCCCC3)C2)cc1. The number of ether oxygens (including phenoxy) is 1. The maximum absolute atomic E-state index is 12.3. The minimum absolute atomic E-state index is 0.0424. The Hall–Kier alpha value is -2.04. The topological polar surface area (TPSA) is 59.9 Å². The predicted molar refractivity (Wildman–Crippen MR) is 84.0 cm³/mol. The summed E-state index contributed by atoms with van der Waals surface area (Å²) in [6.45, 7) is 0. The van der Waals surface area contributed by atoms with Crippen molar-refractivity contribution in [2.75, 3.05) is 7.11 Å². The highest BCUT2D eigenvalue weighted by atomic mass is 16.6. The summed E-state index contributed by atoms with van der Waals surface area (Å²) in [6.07, 6.45) is 5.84. The Balaban J connectivity index is 1.54. The molecule has 1 fully saturated rings. The number of methoxy groups -OCH3 is 1. The van der Waals surface area contributed by atoms with Gasteiger partial charge in [0.2, 0.25) is 6.10 Å². The molecule has 0 bridgehead atoms. The van der Waals surface area contributed by atoms with Gasteiger partial charge in [0.15, 0.2) is 0 Å². The summed E-state index contributed by atoms with van der Waals surface area (Å²) in [5.74, 6) is 0.758. The monoisotopic (exact) mass is 302 g/mol. The molecule has 2 aliphatic rings. The molecule has 0 unspecified atom stereocenters. The predicted octanol–water partition coefficient (Wildman–Crippen LogP) is 2.64. The number of oxime groups is 1. The third-order valence-corrected chi connectivity index (χ3v) is 4.34. The van der Waals surface area contributed by atoms with E-state index in [-0.39, 0.29) is 5.91 Å². The summed E-state index contributed by atoms with van der Waals surface area (Å²) in [5, 5.41) is 7.17. The second kappa shape index (κ2) is 6.81. The van der Waals surface area contributed by atoms with E-state index < -0.39 is 6.10 Å². The van der Waals surface area contributed by atoms with E-state index in [9.17, 15) is 4.79 Å². The normalized spacial score (nSPS) is 21.9. The minimum atomic E-state index is -0.501. The number of benzene rings is 1. The Morgan fingerprint density at radius 1 is 1.23 bits per heavy atom. The molecule has 1 heterocycles. The molecule has 0 radical (unpaired) electrons. The van der Waals surface area contributed by atoms with Crippen molar-refractivity contribution in [3.05, 3.63) is 29.8 Å². The van der Waals surface area contributed by atoms with Crippen molar-refractivity contribution in [2.24, 2.45) is 5.16 Å². The molecule has 5 nitrogen and oxygen atoms in total. The van der Waals surface area contributed by atoms with Gasteiger partial charge in [-0.1, -0.05) is 24.4 Å². The fourth-order valence-electron chi connectivity index (χ4n) is 3.01. The maximum Gasteiger partial charge on any atom is 0.264 e. The molecule has 1 aliphatic carbocycles. The van der Waals surface area contributed by atoms with Crippen molar-refractivity contribution in [2.45, 2.75) is 50.7 Å². The molecule has 1 aromatic rings. The van der Waals surface area contributed by atoms with Gasteiger partial charge in [-0.3, -0.25) is 4.79 Å². The Morgan fingerprint density at radius 3 is 2.64 bits per heavy atom. The van der Waals surface area contributed by atoms with Crippen molar-refractivity contribution >= 4 is 11.6 Å². The molecular weight excluding hydrogens is 280 g/mol. The third-order valence-electron chi connectivity index (χ3n) is 4.34. The van der Waals surface area contributed by atoms with Crippen LogP contribution < -0.4 is 10.1 Å². The summed E-state index contributed by atoms with van der Waals surface area (Å²) in [5.41, 5.74) is 1.78. The average molecular weight is 302 g/mol.